The van der Waals surface area contributed by atoms with E-state index >= 15 is 0 Å². The summed E-state index contributed by atoms with van der Waals surface area (Å²) in [6, 6.07) is 3.82. The van der Waals surface area contributed by atoms with E-state index in [9.17, 15) is 9.59 Å². The van der Waals surface area contributed by atoms with Gasteiger partial charge in [-0.05, 0) is 49.3 Å². The van der Waals surface area contributed by atoms with Crippen molar-refractivity contribution in [3.05, 3.63) is 36.3 Å². The zero-order chi connectivity index (χ0) is 22.1. The van der Waals surface area contributed by atoms with E-state index in [2.05, 4.69) is 22.2 Å². The number of pyridine rings is 1. The first kappa shape index (κ1) is 23.5. The predicted molar refractivity (Wildman–Crippen MR) is 122 cm³/mol. The molecule has 2 N–H and O–H groups in total. The number of amides is 2. The first-order valence-electron chi connectivity index (χ1n) is 10.4. The van der Waals surface area contributed by atoms with E-state index in [0.29, 0.717) is 30.8 Å². The Morgan fingerprint density at radius 2 is 2.03 bits per heavy atom. The van der Waals surface area contributed by atoms with Crippen molar-refractivity contribution in [1.29, 1.82) is 0 Å². The number of carboxylic acids is 1. The summed E-state index contributed by atoms with van der Waals surface area (Å²) in [6.07, 6.45) is 9.25. The molecule has 2 aromatic rings. The standard InChI is InChI=1S/C21H28N4O4S2/c1-15-2-4-17(5-3-15)25(10-11-29-13-16-6-8-22-9-7-16)21(28)24-20-23-12-19(31-20)30-14-18(26)27/h6-9,12,15,17H,2-5,10-11,13-14H2,1H3,(H,26,27)(H,23,24,28). The van der Waals surface area contributed by atoms with E-state index in [-0.39, 0.29) is 17.8 Å². The van der Waals surface area contributed by atoms with Crippen LogP contribution >= 0.6 is 23.1 Å². The molecule has 0 spiro atoms. The molecule has 10 heteroatoms. The van der Waals surface area contributed by atoms with Crippen molar-refractivity contribution in [1.82, 2.24) is 14.9 Å². The lowest BCUT2D eigenvalue weighted by Gasteiger charge is -2.36. The maximum absolute atomic E-state index is 13.0. The van der Waals surface area contributed by atoms with Crippen LogP contribution in [0.1, 0.15) is 38.2 Å². The Morgan fingerprint density at radius 3 is 2.74 bits per heavy atom. The number of thiazole rings is 1. The normalized spacial score (nSPS) is 18.5. The summed E-state index contributed by atoms with van der Waals surface area (Å²) in [7, 11) is 0. The van der Waals surface area contributed by atoms with Crippen molar-refractivity contribution >= 4 is 40.2 Å². The Kier molecular flexibility index (Phi) is 9.11. The molecule has 2 aromatic heterocycles. The van der Waals surface area contributed by atoms with Crippen LogP contribution < -0.4 is 5.32 Å². The molecule has 1 fully saturated rings. The molecule has 0 atom stereocenters. The van der Waals surface area contributed by atoms with Crippen LogP contribution in [0.2, 0.25) is 0 Å². The quantitative estimate of drug-likeness (QED) is 0.398. The maximum Gasteiger partial charge on any atom is 0.323 e. The molecular formula is C21H28N4O4S2. The van der Waals surface area contributed by atoms with Gasteiger partial charge in [0.2, 0.25) is 0 Å². The van der Waals surface area contributed by atoms with Crippen LogP contribution in [0.15, 0.2) is 34.9 Å². The van der Waals surface area contributed by atoms with Gasteiger partial charge in [0, 0.05) is 25.0 Å². The third-order valence-electron chi connectivity index (χ3n) is 5.22. The largest absolute Gasteiger partial charge is 0.481 e. The van der Waals surface area contributed by atoms with Crippen molar-refractivity contribution in [3.63, 3.8) is 0 Å². The number of rotatable bonds is 10. The molecule has 168 valence electrons. The highest BCUT2D eigenvalue weighted by Crippen LogP contribution is 2.30. The minimum Gasteiger partial charge on any atom is -0.481 e. The topological polar surface area (TPSA) is 105 Å². The zero-order valence-corrected chi connectivity index (χ0v) is 19.2. The second-order valence-corrected chi connectivity index (χ2v) is 9.92. The Hall–Kier alpha value is -2.17. The van der Waals surface area contributed by atoms with Gasteiger partial charge >= 0.3 is 12.0 Å². The van der Waals surface area contributed by atoms with Gasteiger partial charge in [0.25, 0.3) is 0 Å². The molecule has 0 bridgehead atoms. The highest BCUT2D eigenvalue weighted by molar-refractivity contribution is 8.01. The van der Waals surface area contributed by atoms with Crippen molar-refractivity contribution < 1.29 is 19.4 Å². The molecule has 0 aromatic carbocycles. The second kappa shape index (κ2) is 12.0. The number of ether oxygens (including phenoxy) is 1. The fraction of sp³-hybridized carbons (Fsp3) is 0.524. The molecule has 0 saturated heterocycles. The lowest BCUT2D eigenvalue weighted by molar-refractivity contribution is -0.133. The summed E-state index contributed by atoms with van der Waals surface area (Å²) < 4.78 is 6.56. The molecule has 0 unspecified atom stereocenters. The molecule has 0 radical (unpaired) electrons. The van der Waals surface area contributed by atoms with E-state index in [1.165, 1.54) is 23.1 Å². The van der Waals surface area contributed by atoms with Crippen LogP contribution in [-0.2, 0) is 16.1 Å². The van der Waals surface area contributed by atoms with Crippen molar-refractivity contribution in [2.75, 3.05) is 24.2 Å². The minimum absolute atomic E-state index is 0.0310. The van der Waals surface area contributed by atoms with E-state index in [4.69, 9.17) is 9.84 Å². The number of aliphatic carboxylic acids is 1. The van der Waals surface area contributed by atoms with Gasteiger partial charge in [-0.15, -0.1) is 11.8 Å². The summed E-state index contributed by atoms with van der Waals surface area (Å²) in [5.74, 6) is -0.220. The van der Waals surface area contributed by atoms with Crippen molar-refractivity contribution in [2.45, 2.75) is 49.5 Å². The summed E-state index contributed by atoms with van der Waals surface area (Å²) in [5, 5.41) is 12.2. The third-order valence-corrected chi connectivity index (χ3v) is 7.31. The van der Waals surface area contributed by atoms with E-state index < -0.39 is 5.97 Å². The molecule has 0 aliphatic heterocycles. The third kappa shape index (κ3) is 7.79. The fourth-order valence-electron chi connectivity index (χ4n) is 3.52. The average molecular weight is 465 g/mol. The van der Waals surface area contributed by atoms with Crippen LogP contribution in [0.4, 0.5) is 9.93 Å². The van der Waals surface area contributed by atoms with Crippen LogP contribution in [-0.4, -0.2) is 56.9 Å². The highest BCUT2D eigenvalue weighted by atomic mass is 32.2. The van der Waals surface area contributed by atoms with Crippen LogP contribution in [0.3, 0.4) is 0 Å². The number of nitrogens with one attached hydrogen (secondary N) is 1. The maximum atomic E-state index is 13.0. The average Bonchev–Trinajstić information content (AvgIpc) is 3.21. The van der Waals surface area contributed by atoms with Gasteiger partial charge in [-0.3, -0.25) is 15.1 Å². The monoisotopic (exact) mass is 464 g/mol. The Bertz CT molecular complexity index is 841. The molecule has 2 heterocycles. The smallest absolute Gasteiger partial charge is 0.323 e. The number of hydrogen-bond donors (Lipinski definition) is 2. The Balaban J connectivity index is 1.56. The molecule has 2 amide bonds. The second-order valence-electron chi connectivity index (χ2n) is 7.61. The fourth-order valence-corrected chi connectivity index (χ4v) is 5.10. The van der Waals surface area contributed by atoms with Crippen LogP contribution in [0.25, 0.3) is 0 Å². The van der Waals surface area contributed by atoms with Gasteiger partial charge in [-0.25, -0.2) is 9.78 Å². The number of anilines is 1. The molecule has 31 heavy (non-hydrogen) atoms. The van der Waals surface area contributed by atoms with E-state index in [0.717, 1.165) is 35.5 Å². The van der Waals surface area contributed by atoms with Gasteiger partial charge in [0.1, 0.15) is 0 Å². The van der Waals surface area contributed by atoms with Crippen LogP contribution in [0.5, 0.6) is 0 Å². The number of hydrogen-bond acceptors (Lipinski definition) is 7. The lowest BCUT2D eigenvalue weighted by atomic mass is 9.86. The summed E-state index contributed by atoms with van der Waals surface area (Å²) in [6.45, 7) is 3.68. The molecule has 3 rings (SSSR count). The molecule has 1 aliphatic carbocycles. The Labute approximate surface area is 190 Å². The zero-order valence-electron chi connectivity index (χ0n) is 17.5. The van der Waals surface area contributed by atoms with Gasteiger partial charge in [-0.1, -0.05) is 18.3 Å². The van der Waals surface area contributed by atoms with E-state index in [1.807, 2.05) is 17.0 Å². The number of carbonyl (C=O) groups excluding carboxylic acids is 1. The number of carboxylic acid groups (broad SMARTS) is 1. The number of thioether (sulfide) groups is 1. The number of carbonyl (C=O) groups is 2. The summed E-state index contributed by atoms with van der Waals surface area (Å²) in [4.78, 5) is 33.9. The molecule has 1 aliphatic rings. The van der Waals surface area contributed by atoms with Crippen LogP contribution in [0, 0.1) is 5.92 Å². The number of nitrogens with zero attached hydrogens (tertiary/aromatic N) is 3. The van der Waals surface area contributed by atoms with Gasteiger partial charge in [0.05, 0.1) is 29.4 Å². The summed E-state index contributed by atoms with van der Waals surface area (Å²) in [5.41, 5.74) is 1.05. The SMILES string of the molecule is CC1CCC(N(CCOCc2ccncc2)C(=O)Nc2ncc(SCC(=O)O)s2)CC1. The minimum atomic E-state index is -0.881. The lowest BCUT2D eigenvalue weighted by Crippen LogP contribution is -2.46. The first-order valence-corrected chi connectivity index (χ1v) is 12.2. The number of aromatic nitrogens is 2. The molecule has 8 nitrogen and oxygen atoms in total. The first-order chi connectivity index (χ1) is 15.0. The van der Waals surface area contributed by atoms with Gasteiger partial charge in [-0.2, -0.15) is 0 Å². The Morgan fingerprint density at radius 1 is 1.29 bits per heavy atom. The predicted octanol–water partition coefficient (Wildman–Crippen LogP) is 4.34. The highest BCUT2D eigenvalue weighted by Gasteiger charge is 2.28. The molecular weight excluding hydrogens is 436 g/mol. The van der Waals surface area contributed by atoms with Crippen molar-refractivity contribution in [3.8, 4) is 0 Å². The summed E-state index contributed by atoms with van der Waals surface area (Å²) >= 11 is 2.48. The van der Waals surface area contributed by atoms with Gasteiger partial charge in [0.15, 0.2) is 5.13 Å². The number of urea groups is 1. The van der Waals surface area contributed by atoms with Crippen molar-refractivity contribution in [2.24, 2.45) is 5.92 Å². The van der Waals surface area contributed by atoms with E-state index in [1.54, 1.807) is 18.6 Å². The molecule has 1 saturated carbocycles. The van der Waals surface area contributed by atoms with Gasteiger partial charge < -0.3 is 14.7 Å².